The molecular weight excluding hydrogens is 254 g/mol. The standard InChI is InChI=1S/C16H23NO3/c1-2-9-18-10-11-19-12-13-20-16-7-3-5-15(14-16)6-4-8-17/h3,5,7,14H,2,8-13,17H2,1H3. The van der Waals surface area contributed by atoms with E-state index in [0.717, 1.165) is 24.3 Å². The van der Waals surface area contributed by atoms with Gasteiger partial charge < -0.3 is 19.9 Å². The van der Waals surface area contributed by atoms with Crippen molar-refractivity contribution >= 4 is 0 Å². The summed E-state index contributed by atoms with van der Waals surface area (Å²) in [5.41, 5.74) is 6.24. The van der Waals surface area contributed by atoms with E-state index in [0.29, 0.717) is 33.0 Å². The molecule has 0 amide bonds. The zero-order valence-corrected chi connectivity index (χ0v) is 12.1. The highest BCUT2D eigenvalue weighted by atomic mass is 16.5. The number of nitrogens with two attached hydrogens (primary N) is 1. The summed E-state index contributed by atoms with van der Waals surface area (Å²) in [6, 6.07) is 7.64. The fraction of sp³-hybridized carbons (Fsp3) is 0.500. The van der Waals surface area contributed by atoms with Gasteiger partial charge >= 0.3 is 0 Å². The van der Waals surface area contributed by atoms with E-state index in [-0.39, 0.29) is 0 Å². The van der Waals surface area contributed by atoms with Crippen LogP contribution in [0.1, 0.15) is 18.9 Å². The number of hydrogen-bond donors (Lipinski definition) is 1. The van der Waals surface area contributed by atoms with E-state index in [2.05, 4.69) is 18.8 Å². The van der Waals surface area contributed by atoms with Gasteiger partial charge in [-0.05, 0) is 24.6 Å². The van der Waals surface area contributed by atoms with Crippen LogP contribution in [0.2, 0.25) is 0 Å². The number of hydrogen-bond acceptors (Lipinski definition) is 4. The molecule has 1 rings (SSSR count). The Labute approximate surface area is 121 Å². The van der Waals surface area contributed by atoms with E-state index >= 15 is 0 Å². The Kier molecular flexibility index (Phi) is 9.33. The second-order valence-corrected chi connectivity index (χ2v) is 4.11. The Morgan fingerprint density at radius 2 is 1.80 bits per heavy atom. The molecule has 0 aliphatic carbocycles. The van der Waals surface area contributed by atoms with E-state index < -0.39 is 0 Å². The van der Waals surface area contributed by atoms with Crippen molar-refractivity contribution in [3.8, 4) is 17.6 Å². The molecule has 0 bridgehead atoms. The van der Waals surface area contributed by atoms with Crippen molar-refractivity contribution in [3.05, 3.63) is 29.8 Å². The zero-order valence-electron chi connectivity index (χ0n) is 12.1. The highest BCUT2D eigenvalue weighted by molar-refractivity contribution is 5.39. The summed E-state index contributed by atoms with van der Waals surface area (Å²) in [4.78, 5) is 0. The summed E-state index contributed by atoms with van der Waals surface area (Å²) in [6.45, 7) is 5.54. The van der Waals surface area contributed by atoms with Crippen LogP contribution in [0.3, 0.4) is 0 Å². The van der Waals surface area contributed by atoms with Crippen LogP contribution in [0, 0.1) is 11.8 Å². The van der Waals surface area contributed by atoms with Gasteiger partial charge in [-0.15, -0.1) is 0 Å². The minimum absolute atomic E-state index is 0.360. The molecule has 0 aromatic heterocycles. The summed E-state index contributed by atoms with van der Waals surface area (Å²) in [6.07, 6.45) is 1.03. The topological polar surface area (TPSA) is 53.7 Å². The molecular formula is C16H23NO3. The van der Waals surface area contributed by atoms with Gasteiger partial charge in [-0.3, -0.25) is 0 Å². The monoisotopic (exact) mass is 277 g/mol. The molecule has 0 aliphatic rings. The lowest BCUT2D eigenvalue weighted by atomic mass is 10.2. The maximum Gasteiger partial charge on any atom is 0.120 e. The van der Waals surface area contributed by atoms with Crippen LogP contribution in [-0.2, 0) is 9.47 Å². The van der Waals surface area contributed by atoms with E-state index in [1.54, 1.807) is 0 Å². The van der Waals surface area contributed by atoms with Gasteiger partial charge in [0.15, 0.2) is 0 Å². The van der Waals surface area contributed by atoms with Crippen LogP contribution in [0.5, 0.6) is 5.75 Å². The normalized spacial score (nSPS) is 9.90. The lowest BCUT2D eigenvalue weighted by Gasteiger charge is -2.07. The van der Waals surface area contributed by atoms with Gasteiger partial charge in [0, 0.05) is 12.2 Å². The van der Waals surface area contributed by atoms with Crippen LogP contribution in [0.15, 0.2) is 24.3 Å². The third-order valence-electron chi connectivity index (χ3n) is 2.39. The van der Waals surface area contributed by atoms with E-state index in [9.17, 15) is 0 Å². The van der Waals surface area contributed by atoms with Gasteiger partial charge in [0.25, 0.3) is 0 Å². The predicted molar refractivity (Wildman–Crippen MR) is 79.8 cm³/mol. The summed E-state index contributed by atoms with van der Waals surface area (Å²) >= 11 is 0. The fourth-order valence-electron chi connectivity index (χ4n) is 1.50. The molecule has 0 spiro atoms. The molecule has 1 aromatic carbocycles. The Morgan fingerprint density at radius 1 is 1.05 bits per heavy atom. The maximum absolute atomic E-state index is 5.59. The number of rotatable bonds is 9. The van der Waals surface area contributed by atoms with Gasteiger partial charge in [-0.2, -0.15) is 0 Å². The Hall–Kier alpha value is -1.54. The lowest BCUT2D eigenvalue weighted by molar-refractivity contribution is 0.0366. The summed E-state index contributed by atoms with van der Waals surface area (Å²) in [5, 5.41) is 0. The number of ether oxygens (including phenoxy) is 3. The molecule has 0 heterocycles. The SMILES string of the molecule is CCCOCCOCCOc1cccc(C#CCN)c1. The fourth-order valence-corrected chi connectivity index (χ4v) is 1.50. The third-order valence-corrected chi connectivity index (χ3v) is 2.39. The molecule has 0 saturated carbocycles. The molecule has 0 atom stereocenters. The van der Waals surface area contributed by atoms with Crippen molar-refractivity contribution in [2.24, 2.45) is 5.73 Å². The van der Waals surface area contributed by atoms with Crippen molar-refractivity contribution in [2.75, 3.05) is 39.6 Å². The van der Waals surface area contributed by atoms with Crippen molar-refractivity contribution < 1.29 is 14.2 Å². The first-order valence-electron chi connectivity index (χ1n) is 6.94. The predicted octanol–water partition coefficient (Wildman–Crippen LogP) is 1.82. The molecule has 110 valence electrons. The van der Waals surface area contributed by atoms with Gasteiger partial charge in [0.05, 0.1) is 26.4 Å². The van der Waals surface area contributed by atoms with Crippen molar-refractivity contribution in [1.82, 2.24) is 0 Å². The summed E-state index contributed by atoms with van der Waals surface area (Å²) < 4.78 is 16.3. The Morgan fingerprint density at radius 3 is 2.55 bits per heavy atom. The second kappa shape index (κ2) is 11.3. The zero-order chi connectivity index (χ0) is 14.5. The minimum Gasteiger partial charge on any atom is -0.491 e. The first-order valence-corrected chi connectivity index (χ1v) is 6.94. The van der Waals surface area contributed by atoms with Gasteiger partial charge in [-0.25, -0.2) is 0 Å². The molecule has 0 fully saturated rings. The van der Waals surface area contributed by atoms with Crippen LogP contribution in [-0.4, -0.2) is 39.6 Å². The second-order valence-electron chi connectivity index (χ2n) is 4.11. The van der Waals surface area contributed by atoms with Crippen molar-refractivity contribution in [3.63, 3.8) is 0 Å². The molecule has 1 aromatic rings. The highest BCUT2D eigenvalue weighted by Gasteiger charge is 1.95. The quantitative estimate of drug-likeness (QED) is 0.552. The first kappa shape index (κ1) is 16.5. The molecule has 2 N–H and O–H groups in total. The largest absolute Gasteiger partial charge is 0.491 e. The van der Waals surface area contributed by atoms with E-state index in [4.69, 9.17) is 19.9 Å². The molecule has 0 saturated heterocycles. The molecule has 0 aliphatic heterocycles. The lowest BCUT2D eigenvalue weighted by Crippen LogP contribution is -2.11. The van der Waals surface area contributed by atoms with Crippen LogP contribution in [0.4, 0.5) is 0 Å². The van der Waals surface area contributed by atoms with Crippen LogP contribution >= 0.6 is 0 Å². The molecule has 20 heavy (non-hydrogen) atoms. The molecule has 0 radical (unpaired) electrons. The van der Waals surface area contributed by atoms with Crippen molar-refractivity contribution in [2.45, 2.75) is 13.3 Å². The third kappa shape index (κ3) is 7.80. The first-order chi connectivity index (χ1) is 9.86. The van der Waals surface area contributed by atoms with Gasteiger partial charge in [-0.1, -0.05) is 24.8 Å². The average Bonchev–Trinajstić information content (AvgIpc) is 2.48. The van der Waals surface area contributed by atoms with Crippen molar-refractivity contribution in [1.29, 1.82) is 0 Å². The summed E-state index contributed by atoms with van der Waals surface area (Å²) in [5.74, 6) is 6.58. The summed E-state index contributed by atoms with van der Waals surface area (Å²) in [7, 11) is 0. The highest BCUT2D eigenvalue weighted by Crippen LogP contribution is 2.12. The minimum atomic E-state index is 0.360. The van der Waals surface area contributed by atoms with Gasteiger partial charge in [0.1, 0.15) is 12.4 Å². The van der Waals surface area contributed by atoms with Gasteiger partial charge in [0.2, 0.25) is 0 Å². The smallest absolute Gasteiger partial charge is 0.120 e. The molecule has 4 heteroatoms. The Bertz CT molecular complexity index is 423. The maximum atomic E-state index is 5.59. The molecule has 4 nitrogen and oxygen atoms in total. The van der Waals surface area contributed by atoms with Crippen LogP contribution in [0.25, 0.3) is 0 Å². The van der Waals surface area contributed by atoms with E-state index in [1.807, 2.05) is 24.3 Å². The average molecular weight is 277 g/mol. The number of benzene rings is 1. The Balaban J connectivity index is 2.15. The van der Waals surface area contributed by atoms with E-state index in [1.165, 1.54) is 0 Å². The molecule has 0 unspecified atom stereocenters. The van der Waals surface area contributed by atoms with Crippen LogP contribution < -0.4 is 10.5 Å².